The summed E-state index contributed by atoms with van der Waals surface area (Å²) in [5.74, 6) is -0.0524. The van der Waals surface area contributed by atoms with Crippen LogP contribution in [0.3, 0.4) is 0 Å². The smallest absolute Gasteiger partial charge is 0.237 e. The van der Waals surface area contributed by atoms with Crippen LogP contribution in [0, 0.1) is 5.82 Å². The number of carbonyl (C=O) groups is 1. The lowest BCUT2D eigenvalue weighted by Crippen LogP contribution is -2.44. The second-order valence-electron chi connectivity index (χ2n) is 4.75. The van der Waals surface area contributed by atoms with Gasteiger partial charge in [-0.05, 0) is 25.0 Å². The molecule has 3 N–H and O–H groups in total. The van der Waals surface area contributed by atoms with Gasteiger partial charge in [0, 0.05) is 6.07 Å². The molecule has 1 rings (SSSR count). The molecule has 0 saturated carbocycles. The molecule has 1 aromatic rings. The van der Waals surface area contributed by atoms with Crippen LogP contribution in [-0.4, -0.2) is 24.6 Å². The van der Waals surface area contributed by atoms with Gasteiger partial charge in [0.1, 0.15) is 17.7 Å². The van der Waals surface area contributed by atoms with Crippen molar-refractivity contribution in [3.63, 3.8) is 0 Å². The maximum Gasteiger partial charge on any atom is 0.237 e. The second-order valence-corrected chi connectivity index (χ2v) is 4.75. The summed E-state index contributed by atoms with van der Waals surface area (Å²) in [5.41, 5.74) is 5.73. The van der Waals surface area contributed by atoms with Gasteiger partial charge in [-0.15, -0.1) is 0 Å². The van der Waals surface area contributed by atoms with Crippen molar-refractivity contribution in [2.45, 2.75) is 45.3 Å². The van der Waals surface area contributed by atoms with Gasteiger partial charge in [0.2, 0.25) is 5.91 Å². The van der Waals surface area contributed by atoms with Gasteiger partial charge in [-0.3, -0.25) is 4.79 Å². The number of carbonyl (C=O) groups excluding carboxylic acids is 1. The Kier molecular flexibility index (Phi) is 7.01. The van der Waals surface area contributed by atoms with Crippen molar-refractivity contribution in [2.24, 2.45) is 5.73 Å². The lowest BCUT2D eigenvalue weighted by Gasteiger charge is -2.19. The molecule has 0 fully saturated rings. The number of rotatable bonds is 8. The van der Waals surface area contributed by atoms with Crippen molar-refractivity contribution >= 4 is 5.91 Å². The van der Waals surface area contributed by atoms with Gasteiger partial charge in [-0.25, -0.2) is 4.39 Å². The fraction of sp³-hybridized carbons (Fsp3) is 0.533. The Morgan fingerprint density at radius 2 is 2.20 bits per heavy atom. The highest BCUT2D eigenvalue weighted by Gasteiger charge is 2.15. The van der Waals surface area contributed by atoms with Crippen LogP contribution in [0.1, 0.15) is 33.1 Å². The summed E-state index contributed by atoms with van der Waals surface area (Å²) in [5, 5.41) is 2.77. The number of hydrogen-bond acceptors (Lipinski definition) is 3. The van der Waals surface area contributed by atoms with Crippen LogP contribution in [0.2, 0.25) is 0 Å². The van der Waals surface area contributed by atoms with Gasteiger partial charge >= 0.3 is 0 Å². The van der Waals surface area contributed by atoms with Crippen molar-refractivity contribution in [2.75, 3.05) is 6.54 Å². The second kappa shape index (κ2) is 8.53. The van der Waals surface area contributed by atoms with Gasteiger partial charge in [0.25, 0.3) is 0 Å². The summed E-state index contributed by atoms with van der Waals surface area (Å²) < 4.78 is 18.7. The zero-order valence-electron chi connectivity index (χ0n) is 12.1. The normalized spacial score (nSPS) is 13.6. The first-order valence-corrected chi connectivity index (χ1v) is 7.02. The Balaban J connectivity index is 2.45. The largest absolute Gasteiger partial charge is 0.489 e. The summed E-state index contributed by atoms with van der Waals surface area (Å²) in [6, 6.07) is 5.49. The molecule has 2 atom stereocenters. The molecule has 0 bridgehead atoms. The molecule has 1 amide bonds. The van der Waals surface area contributed by atoms with Crippen LogP contribution in [0.5, 0.6) is 5.75 Å². The Labute approximate surface area is 119 Å². The summed E-state index contributed by atoms with van der Waals surface area (Å²) in [7, 11) is 0. The van der Waals surface area contributed by atoms with Crippen LogP contribution < -0.4 is 15.8 Å². The average molecular weight is 282 g/mol. The zero-order chi connectivity index (χ0) is 15.0. The van der Waals surface area contributed by atoms with E-state index in [-0.39, 0.29) is 17.8 Å². The van der Waals surface area contributed by atoms with Gasteiger partial charge in [-0.2, -0.15) is 0 Å². The molecule has 5 heteroatoms. The molecule has 20 heavy (non-hydrogen) atoms. The summed E-state index contributed by atoms with van der Waals surface area (Å²) in [6.07, 6.45) is 2.04. The van der Waals surface area contributed by atoms with Crippen LogP contribution in [-0.2, 0) is 4.79 Å². The van der Waals surface area contributed by atoms with E-state index >= 15 is 0 Å². The predicted octanol–water partition coefficient (Wildman–Crippen LogP) is 2.23. The van der Waals surface area contributed by atoms with Crippen molar-refractivity contribution in [3.8, 4) is 5.75 Å². The Morgan fingerprint density at radius 1 is 1.45 bits per heavy atom. The Bertz CT molecular complexity index is 426. The first-order chi connectivity index (χ1) is 9.56. The van der Waals surface area contributed by atoms with E-state index in [0.29, 0.717) is 25.1 Å². The third-order valence-electron chi connectivity index (χ3n) is 2.99. The summed E-state index contributed by atoms with van der Waals surface area (Å²) in [4.78, 5) is 11.7. The number of ether oxygens (including phenoxy) is 1. The summed E-state index contributed by atoms with van der Waals surface area (Å²) >= 11 is 0. The minimum Gasteiger partial charge on any atom is -0.489 e. The quantitative estimate of drug-likeness (QED) is 0.768. The zero-order valence-corrected chi connectivity index (χ0v) is 12.1. The molecule has 1 aromatic carbocycles. The summed E-state index contributed by atoms with van der Waals surface area (Å²) in [6.45, 7) is 4.29. The molecule has 112 valence electrons. The van der Waals surface area contributed by atoms with Crippen LogP contribution >= 0.6 is 0 Å². The molecule has 2 unspecified atom stereocenters. The van der Waals surface area contributed by atoms with Crippen molar-refractivity contribution in [1.29, 1.82) is 0 Å². The van der Waals surface area contributed by atoms with E-state index in [2.05, 4.69) is 5.32 Å². The number of nitrogens with one attached hydrogen (secondary N) is 1. The first kappa shape index (κ1) is 16.4. The topological polar surface area (TPSA) is 64.4 Å². The lowest BCUT2D eigenvalue weighted by atomic mass is 10.1. The molecular formula is C15H23FN2O2. The molecule has 0 heterocycles. The molecule has 0 aliphatic heterocycles. The fourth-order valence-electron chi connectivity index (χ4n) is 1.79. The fourth-order valence-corrected chi connectivity index (χ4v) is 1.79. The van der Waals surface area contributed by atoms with Crippen molar-refractivity contribution in [1.82, 2.24) is 5.32 Å². The maximum atomic E-state index is 13.1. The standard InChI is InChI=1S/C15H23FN2O2/c1-3-6-14(17)15(19)18-10-12(4-2)20-13-8-5-7-11(16)9-13/h5,7-9,12,14H,3-4,6,10,17H2,1-2H3,(H,18,19). The minimum absolute atomic E-state index is 0.173. The molecule has 4 nitrogen and oxygen atoms in total. The maximum absolute atomic E-state index is 13.1. The van der Waals surface area contributed by atoms with Gasteiger partial charge in [0.05, 0.1) is 12.6 Å². The Morgan fingerprint density at radius 3 is 2.80 bits per heavy atom. The lowest BCUT2D eigenvalue weighted by molar-refractivity contribution is -0.122. The van der Waals surface area contributed by atoms with E-state index in [1.807, 2.05) is 13.8 Å². The SMILES string of the molecule is CCCC(N)C(=O)NCC(CC)Oc1cccc(F)c1. The highest BCUT2D eigenvalue weighted by atomic mass is 19.1. The van der Waals surface area contributed by atoms with Crippen LogP contribution in [0.15, 0.2) is 24.3 Å². The number of hydrogen-bond donors (Lipinski definition) is 2. The highest BCUT2D eigenvalue weighted by molar-refractivity contribution is 5.81. The molecule has 0 aliphatic rings. The predicted molar refractivity (Wildman–Crippen MR) is 77.0 cm³/mol. The first-order valence-electron chi connectivity index (χ1n) is 7.02. The van der Waals surface area contributed by atoms with E-state index < -0.39 is 6.04 Å². The van der Waals surface area contributed by atoms with E-state index in [1.165, 1.54) is 12.1 Å². The van der Waals surface area contributed by atoms with Gasteiger partial charge in [0.15, 0.2) is 0 Å². The highest BCUT2D eigenvalue weighted by Crippen LogP contribution is 2.14. The van der Waals surface area contributed by atoms with Crippen molar-refractivity contribution in [3.05, 3.63) is 30.1 Å². The van der Waals surface area contributed by atoms with Crippen LogP contribution in [0.25, 0.3) is 0 Å². The Hall–Kier alpha value is -1.62. The van der Waals surface area contributed by atoms with E-state index in [9.17, 15) is 9.18 Å². The molecular weight excluding hydrogens is 259 g/mol. The van der Waals surface area contributed by atoms with E-state index in [1.54, 1.807) is 12.1 Å². The number of halogens is 1. The monoisotopic (exact) mass is 282 g/mol. The van der Waals surface area contributed by atoms with Crippen molar-refractivity contribution < 1.29 is 13.9 Å². The van der Waals surface area contributed by atoms with E-state index in [4.69, 9.17) is 10.5 Å². The molecule has 0 saturated heterocycles. The number of nitrogens with two attached hydrogens (primary N) is 1. The third-order valence-corrected chi connectivity index (χ3v) is 2.99. The molecule has 0 spiro atoms. The molecule has 0 aromatic heterocycles. The molecule has 0 aliphatic carbocycles. The third kappa shape index (κ3) is 5.57. The average Bonchev–Trinajstić information content (AvgIpc) is 2.43. The number of benzene rings is 1. The van der Waals surface area contributed by atoms with Gasteiger partial charge < -0.3 is 15.8 Å². The van der Waals surface area contributed by atoms with E-state index in [0.717, 1.165) is 6.42 Å². The minimum atomic E-state index is -0.480. The number of amides is 1. The molecule has 0 radical (unpaired) electrons. The van der Waals surface area contributed by atoms with Gasteiger partial charge in [-0.1, -0.05) is 26.3 Å². The van der Waals surface area contributed by atoms with Crippen LogP contribution in [0.4, 0.5) is 4.39 Å².